The van der Waals surface area contributed by atoms with Crippen LogP contribution in [0.25, 0.3) is 11.5 Å². The normalized spacial score (nSPS) is 14.5. The molecule has 1 aliphatic rings. The number of nitrogens with two attached hydrogens (primary N) is 1. The third kappa shape index (κ3) is 3.21. The molecule has 10 nitrogen and oxygen atoms in total. The van der Waals surface area contributed by atoms with E-state index in [0.29, 0.717) is 23.8 Å². The summed E-state index contributed by atoms with van der Waals surface area (Å²) in [5.41, 5.74) is 4.93. The van der Waals surface area contributed by atoms with Crippen LogP contribution in [0, 0.1) is 5.41 Å². The molecule has 1 fully saturated rings. The summed E-state index contributed by atoms with van der Waals surface area (Å²) in [4.78, 5) is 25.8. The molecular weight excluding hydrogens is 362 g/mol. The number of anilines is 1. The highest BCUT2D eigenvalue weighted by Gasteiger charge is 2.30. The molecule has 1 aliphatic carbocycles. The molecule has 3 aromatic rings. The van der Waals surface area contributed by atoms with Crippen molar-refractivity contribution in [1.82, 2.24) is 29.3 Å². The smallest absolute Gasteiger partial charge is 0.270 e. The number of nitrogens with one attached hydrogen (secondary N) is 1. The number of rotatable bonds is 4. The molecule has 1 amide bonds. The van der Waals surface area contributed by atoms with E-state index in [0.717, 1.165) is 12.8 Å². The molecule has 0 atom stereocenters. The van der Waals surface area contributed by atoms with Gasteiger partial charge in [0.15, 0.2) is 11.4 Å². The highest BCUT2D eigenvalue weighted by Crippen LogP contribution is 2.24. The van der Waals surface area contributed by atoms with E-state index in [1.807, 2.05) is 20.8 Å². The van der Waals surface area contributed by atoms with Crippen LogP contribution in [-0.2, 0) is 6.54 Å². The Labute approximate surface area is 160 Å². The Balaban J connectivity index is 1.94. The van der Waals surface area contributed by atoms with Crippen LogP contribution in [-0.4, -0.2) is 41.0 Å². The summed E-state index contributed by atoms with van der Waals surface area (Å²) < 4.78 is 4.10. The van der Waals surface area contributed by atoms with Gasteiger partial charge in [0.25, 0.3) is 11.5 Å². The standard InChI is InChI=1S/C18H23N7O3/c1-18(2,3)9-23-13-8-12(24-7-6-11(19)21-24)22-25(13)17(28)14(16(23)27)15(26)20-10-4-5-10/h6-8,10,28H,4-5,9H2,1-3H3,(H2,19,21)(H,20,26). The van der Waals surface area contributed by atoms with Gasteiger partial charge in [0.1, 0.15) is 11.5 Å². The first kappa shape index (κ1) is 18.1. The maximum Gasteiger partial charge on any atom is 0.270 e. The van der Waals surface area contributed by atoms with Gasteiger partial charge in [0, 0.05) is 30.9 Å². The van der Waals surface area contributed by atoms with Gasteiger partial charge in [0.05, 0.1) is 0 Å². The van der Waals surface area contributed by atoms with Crippen LogP contribution in [0.4, 0.5) is 5.82 Å². The Morgan fingerprint density at radius 1 is 1.36 bits per heavy atom. The molecule has 0 bridgehead atoms. The monoisotopic (exact) mass is 385 g/mol. The third-order valence-corrected chi connectivity index (χ3v) is 4.45. The summed E-state index contributed by atoms with van der Waals surface area (Å²) in [7, 11) is 0. The summed E-state index contributed by atoms with van der Waals surface area (Å²) in [6, 6.07) is 3.29. The fraction of sp³-hybridized carbons (Fsp3) is 0.444. The molecule has 0 saturated heterocycles. The van der Waals surface area contributed by atoms with Crippen molar-refractivity contribution in [3.05, 3.63) is 34.2 Å². The number of hydrogen-bond donors (Lipinski definition) is 3. The van der Waals surface area contributed by atoms with E-state index in [9.17, 15) is 14.7 Å². The zero-order valence-corrected chi connectivity index (χ0v) is 16.0. The molecule has 28 heavy (non-hydrogen) atoms. The summed E-state index contributed by atoms with van der Waals surface area (Å²) in [6.45, 7) is 6.29. The quantitative estimate of drug-likeness (QED) is 0.611. The van der Waals surface area contributed by atoms with Crippen molar-refractivity contribution in [3.8, 4) is 11.7 Å². The Morgan fingerprint density at radius 3 is 2.64 bits per heavy atom. The first-order valence-electron chi connectivity index (χ1n) is 9.12. The second kappa shape index (κ2) is 6.11. The Morgan fingerprint density at radius 2 is 2.07 bits per heavy atom. The average Bonchev–Trinajstić information content (AvgIpc) is 3.12. The molecule has 0 radical (unpaired) electrons. The van der Waals surface area contributed by atoms with Crippen molar-refractivity contribution in [2.24, 2.45) is 5.41 Å². The Bertz CT molecular complexity index is 1130. The minimum atomic E-state index is -0.588. The van der Waals surface area contributed by atoms with Crippen molar-refractivity contribution in [2.45, 2.75) is 46.2 Å². The third-order valence-electron chi connectivity index (χ3n) is 4.45. The first-order valence-corrected chi connectivity index (χ1v) is 9.12. The van der Waals surface area contributed by atoms with E-state index in [-0.39, 0.29) is 17.0 Å². The van der Waals surface area contributed by atoms with Gasteiger partial charge in [-0.2, -0.15) is 4.52 Å². The number of amides is 1. The van der Waals surface area contributed by atoms with Crippen LogP contribution in [0.1, 0.15) is 44.0 Å². The van der Waals surface area contributed by atoms with Crippen molar-refractivity contribution in [3.63, 3.8) is 0 Å². The summed E-state index contributed by atoms with van der Waals surface area (Å²) >= 11 is 0. The number of aromatic nitrogens is 5. The van der Waals surface area contributed by atoms with Gasteiger partial charge in [-0.15, -0.1) is 10.2 Å². The van der Waals surface area contributed by atoms with Crippen LogP contribution in [0.2, 0.25) is 0 Å². The van der Waals surface area contributed by atoms with Gasteiger partial charge in [0.2, 0.25) is 5.88 Å². The van der Waals surface area contributed by atoms with Gasteiger partial charge < -0.3 is 16.2 Å². The maximum atomic E-state index is 13.1. The number of fused-ring (bicyclic) bond motifs is 1. The van der Waals surface area contributed by atoms with E-state index >= 15 is 0 Å². The fourth-order valence-electron chi connectivity index (χ4n) is 3.04. The molecule has 0 aromatic carbocycles. The van der Waals surface area contributed by atoms with Crippen LogP contribution < -0.4 is 16.6 Å². The molecule has 1 saturated carbocycles. The summed E-state index contributed by atoms with van der Waals surface area (Å²) in [5.74, 6) is -0.392. The van der Waals surface area contributed by atoms with E-state index in [1.54, 1.807) is 18.3 Å². The molecule has 0 unspecified atom stereocenters. The molecular formula is C18H23N7O3. The summed E-state index contributed by atoms with van der Waals surface area (Å²) in [5, 5.41) is 21.9. The van der Waals surface area contributed by atoms with E-state index < -0.39 is 17.3 Å². The number of aromatic hydroxyl groups is 1. The second-order valence-corrected chi connectivity index (χ2v) is 8.36. The highest BCUT2D eigenvalue weighted by atomic mass is 16.3. The van der Waals surface area contributed by atoms with Gasteiger partial charge in [-0.1, -0.05) is 20.8 Å². The van der Waals surface area contributed by atoms with E-state index in [1.165, 1.54) is 13.8 Å². The lowest BCUT2D eigenvalue weighted by atomic mass is 9.97. The van der Waals surface area contributed by atoms with Crippen molar-refractivity contribution >= 4 is 17.4 Å². The summed E-state index contributed by atoms with van der Waals surface area (Å²) in [6.07, 6.45) is 3.37. The lowest BCUT2D eigenvalue weighted by Crippen LogP contribution is -2.37. The fourth-order valence-corrected chi connectivity index (χ4v) is 3.04. The predicted octanol–water partition coefficient (Wildman–Crippen LogP) is 0.908. The van der Waals surface area contributed by atoms with Crippen LogP contribution in [0.15, 0.2) is 23.1 Å². The molecule has 148 valence electrons. The molecule has 10 heteroatoms. The van der Waals surface area contributed by atoms with Gasteiger partial charge >= 0.3 is 0 Å². The van der Waals surface area contributed by atoms with Crippen molar-refractivity contribution in [1.29, 1.82) is 0 Å². The van der Waals surface area contributed by atoms with E-state index in [2.05, 4.69) is 15.5 Å². The molecule has 3 heterocycles. The van der Waals surface area contributed by atoms with Gasteiger partial charge in [-0.3, -0.25) is 14.2 Å². The largest absolute Gasteiger partial charge is 0.492 e. The van der Waals surface area contributed by atoms with Gasteiger partial charge in [-0.25, -0.2) is 4.68 Å². The lowest BCUT2D eigenvalue weighted by Gasteiger charge is -2.21. The number of carbonyl (C=O) groups excluding carboxylic acids is 1. The van der Waals surface area contributed by atoms with Crippen molar-refractivity contribution < 1.29 is 9.90 Å². The number of hydrogen-bond acceptors (Lipinski definition) is 6. The minimum Gasteiger partial charge on any atom is -0.492 e. The van der Waals surface area contributed by atoms with Gasteiger partial charge in [-0.05, 0) is 18.3 Å². The topological polar surface area (TPSA) is 132 Å². The Kier molecular flexibility index (Phi) is 3.95. The predicted molar refractivity (Wildman–Crippen MR) is 103 cm³/mol. The second-order valence-electron chi connectivity index (χ2n) is 8.36. The zero-order valence-electron chi connectivity index (χ0n) is 16.0. The first-order chi connectivity index (χ1) is 13.1. The highest BCUT2D eigenvalue weighted by molar-refractivity contribution is 5.96. The SMILES string of the molecule is CC(C)(C)Cn1c(=O)c(C(=O)NC2CC2)c(O)n2nc(-n3ccc(N)n3)cc12. The van der Waals surface area contributed by atoms with Crippen LogP contribution in [0.5, 0.6) is 5.88 Å². The van der Waals surface area contributed by atoms with Crippen molar-refractivity contribution in [2.75, 3.05) is 5.73 Å². The number of carbonyl (C=O) groups is 1. The number of nitrogen functional groups attached to an aromatic ring is 1. The Hall–Kier alpha value is -3.30. The molecule has 0 aliphatic heterocycles. The molecule has 4 N–H and O–H groups in total. The minimum absolute atomic E-state index is 0.0540. The molecule has 3 aromatic heterocycles. The lowest BCUT2D eigenvalue weighted by molar-refractivity contribution is 0.0944. The number of nitrogens with zero attached hydrogens (tertiary/aromatic N) is 5. The van der Waals surface area contributed by atoms with Crippen LogP contribution >= 0.6 is 0 Å². The average molecular weight is 385 g/mol. The molecule has 0 spiro atoms. The molecule has 4 rings (SSSR count). The maximum absolute atomic E-state index is 13.1. The van der Waals surface area contributed by atoms with Crippen LogP contribution in [0.3, 0.4) is 0 Å². The van der Waals surface area contributed by atoms with E-state index in [4.69, 9.17) is 5.73 Å². The zero-order chi connectivity index (χ0) is 20.2.